The monoisotopic (exact) mass is 376 g/mol. The van der Waals surface area contributed by atoms with E-state index in [1.165, 1.54) is 56.1 Å². The number of benzene rings is 1. The molecule has 4 aliphatic rings. The van der Waals surface area contributed by atoms with Crippen LogP contribution in [-0.4, -0.2) is 5.78 Å². The third-order valence-corrected chi connectivity index (χ3v) is 9.64. The van der Waals surface area contributed by atoms with Crippen LogP contribution in [0.4, 0.5) is 0 Å². The van der Waals surface area contributed by atoms with Crippen LogP contribution in [0.2, 0.25) is 0 Å². The van der Waals surface area contributed by atoms with Gasteiger partial charge in [0, 0.05) is 5.41 Å². The second-order valence-corrected chi connectivity index (χ2v) is 11.0. The first-order chi connectivity index (χ1) is 13.4. The highest BCUT2D eigenvalue weighted by Crippen LogP contribution is 2.66. The minimum Gasteiger partial charge on any atom is -0.294 e. The maximum atomic E-state index is 13.5. The van der Waals surface area contributed by atoms with Crippen molar-refractivity contribution in [1.29, 1.82) is 0 Å². The Kier molecular flexibility index (Phi) is 4.38. The Morgan fingerprint density at radius 2 is 1.71 bits per heavy atom. The average Bonchev–Trinajstić information content (AvgIpc) is 2.94. The number of carbonyl (C=O) groups is 1. The molecule has 0 saturated heterocycles. The molecule has 28 heavy (non-hydrogen) atoms. The van der Waals surface area contributed by atoms with Crippen LogP contribution in [-0.2, 0) is 4.79 Å². The van der Waals surface area contributed by atoms with Gasteiger partial charge in [0.25, 0.3) is 0 Å². The number of fused-ring (bicyclic) bond motifs is 5. The summed E-state index contributed by atoms with van der Waals surface area (Å²) < 4.78 is 0. The lowest BCUT2D eigenvalue weighted by Crippen LogP contribution is -2.52. The van der Waals surface area contributed by atoms with E-state index in [4.69, 9.17) is 0 Å². The second kappa shape index (κ2) is 6.57. The summed E-state index contributed by atoms with van der Waals surface area (Å²) in [6.45, 7) is 7.05. The molecular weight excluding hydrogens is 340 g/mol. The van der Waals surface area contributed by atoms with Gasteiger partial charge in [-0.15, -0.1) is 0 Å². The molecule has 1 aromatic carbocycles. The SMILES string of the molecule is Cc1ccc(C=C2CC3C4CCC5CCCCC5(C)C4CCC3(C)C2=O)cc1. The van der Waals surface area contributed by atoms with Crippen molar-refractivity contribution >= 4 is 11.9 Å². The zero-order chi connectivity index (χ0) is 19.5. The predicted octanol–water partition coefficient (Wildman–Crippen LogP) is 6.99. The van der Waals surface area contributed by atoms with E-state index in [0.717, 1.165) is 36.2 Å². The minimum absolute atomic E-state index is 0.102. The van der Waals surface area contributed by atoms with Crippen molar-refractivity contribution in [1.82, 2.24) is 0 Å². The fourth-order valence-electron chi connectivity index (χ4n) is 7.96. The van der Waals surface area contributed by atoms with Gasteiger partial charge in [-0.3, -0.25) is 4.79 Å². The van der Waals surface area contributed by atoms with Crippen molar-refractivity contribution in [3.63, 3.8) is 0 Å². The number of rotatable bonds is 1. The van der Waals surface area contributed by atoms with E-state index in [-0.39, 0.29) is 5.41 Å². The molecule has 5 rings (SSSR count). The summed E-state index contributed by atoms with van der Waals surface area (Å²) in [4.78, 5) is 13.5. The van der Waals surface area contributed by atoms with Gasteiger partial charge in [-0.05, 0) is 98.2 Å². The second-order valence-electron chi connectivity index (χ2n) is 11.0. The van der Waals surface area contributed by atoms with Crippen LogP contribution >= 0.6 is 0 Å². The van der Waals surface area contributed by atoms with Gasteiger partial charge in [-0.25, -0.2) is 0 Å². The van der Waals surface area contributed by atoms with E-state index < -0.39 is 0 Å². The Balaban J connectivity index is 1.45. The van der Waals surface area contributed by atoms with Crippen LogP contribution in [0, 0.1) is 41.4 Å². The molecule has 150 valence electrons. The van der Waals surface area contributed by atoms with Crippen molar-refractivity contribution < 1.29 is 4.79 Å². The maximum Gasteiger partial charge on any atom is 0.165 e. The molecule has 4 saturated carbocycles. The zero-order valence-electron chi connectivity index (χ0n) is 18.0. The molecular formula is C27H36O. The number of aryl methyl sites for hydroxylation is 1. The maximum absolute atomic E-state index is 13.5. The van der Waals surface area contributed by atoms with E-state index in [2.05, 4.69) is 51.1 Å². The van der Waals surface area contributed by atoms with Crippen molar-refractivity contribution in [2.45, 2.75) is 78.6 Å². The summed E-state index contributed by atoms with van der Waals surface area (Å²) >= 11 is 0. The lowest BCUT2D eigenvalue weighted by Gasteiger charge is -2.59. The van der Waals surface area contributed by atoms with Crippen LogP contribution in [0.25, 0.3) is 6.08 Å². The normalized spacial score (nSPS) is 44.1. The average molecular weight is 377 g/mol. The van der Waals surface area contributed by atoms with E-state index in [1.54, 1.807) is 0 Å². The highest BCUT2D eigenvalue weighted by atomic mass is 16.1. The van der Waals surface area contributed by atoms with Gasteiger partial charge in [-0.2, -0.15) is 0 Å². The summed E-state index contributed by atoms with van der Waals surface area (Å²) in [5.74, 6) is 3.62. The van der Waals surface area contributed by atoms with Crippen molar-refractivity contribution in [2.24, 2.45) is 34.5 Å². The first-order valence-electron chi connectivity index (χ1n) is 11.7. The molecule has 0 aliphatic heterocycles. The summed E-state index contributed by atoms with van der Waals surface area (Å²) in [6.07, 6.45) is 14.2. The molecule has 1 nitrogen and oxygen atoms in total. The number of ketones is 1. The fraction of sp³-hybridized carbons (Fsp3) is 0.667. The lowest BCUT2D eigenvalue weighted by molar-refractivity contribution is -0.137. The molecule has 0 spiro atoms. The molecule has 0 bridgehead atoms. The first-order valence-corrected chi connectivity index (χ1v) is 11.7. The van der Waals surface area contributed by atoms with Gasteiger partial charge in [0.15, 0.2) is 5.78 Å². The number of hydrogen-bond acceptors (Lipinski definition) is 1. The molecule has 1 heteroatoms. The molecule has 0 radical (unpaired) electrons. The molecule has 0 amide bonds. The number of Topliss-reactive ketones (excluding diaryl/α,β-unsaturated/α-hetero) is 1. The van der Waals surface area contributed by atoms with Crippen LogP contribution in [0.15, 0.2) is 29.8 Å². The Labute approximate surface area is 171 Å². The van der Waals surface area contributed by atoms with Crippen molar-refractivity contribution in [3.05, 3.63) is 41.0 Å². The molecule has 1 aromatic rings. The van der Waals surface area contributed by atoms with Gasteiger partial charge >= 0.3 is 0 Å². The molecule has 6 unspecified atom stereocenters. The van der Waals surface area contributed by atoms with Gasteiger partial charge in [0.2, 0.25) is 0 Å². The topological polar surface area (TPSA) is 17.1 Å². The number of hydrogen-bond donors (Lipinski definition) is 0. The minimum atomic E-state index is -0.102. The quantitative estimate of drug-likeness (QED) is 0.483. The molecule has 0 N–H and O–H groups in total. The van der Waals surface area contributed by atoms with Crippen LogP contribution in [0.1, 0.15) is 82.8 Å². The molecule has 0 heterocycles. The Morgan fingerprint density at radius 3 is 2.50 bits per heavy atom. The number of carbonyl (C=O) groups excluding carboxylic acids is 1. The predicted molar refractivity (Wildman–Crippen MR) is 116 cm³/mol. The summed E-state index contributed by atoms with van der Waals surface area (Å²) in [6, 6.07) is 8.64. The first kappa shape index (κ1) is 18.6. The number of allylic oxidation sites excluding steroid dienone is 1. The van der Waals surface area contributed by atoms with Crippen molar-refractivity contribution in [3.8, 4) is 0 Å². The zero-order valence-corrected chi connectivity index (χ0v) is 18.0. The molecule has 6 atom stereocenters. The van der Waals surface area contributed by atoms with Gasteiger partial charge in [0.1, 0.15) is 0 Å². The van der Waals surface area contributed by atoms with E-state index in [0.29, 0.717) is 17.1 Å². The highest BCUT2D eigenvalue weighted by molar-refractivity contribution is 6.05. The third kappa shape index (κ3) is 2.68. The Hall–Kier alpha value is -1.37. The van der Waals surface area contributed by atoms with Gasteiger partial charge in [-0.1, -0.05) is 56.5 Å². The Morgan fingerprint density at radius 1 is 0.929 bits per heavy atom. The van der Waals surface area contributed by atoms with Gasteiger partial charge < -0.3 is 0 Å². The molecule has 4 fully saturated rings. The van der Waals surface area contributed by atoms with Crippen LogP contribution in [0.3, 0.4) is 0 Å². The van der Waals surface area contributed by atoms with Crippen LogP contribution in [0.5, 0.6) is 0 Å². The third-order valence-electron chi connectivity index (χ3n) is 9.64. The van der Waals surface area contributed by atoms with Crippen molar-refractivity contribution in [2.75, 3.05) is 0 Å². The van der Waals surface area contributed by atoms with E-state index in [9.17, 15) is 4.79 Å². The standard InChI is InChI=1S/C27H36O/c1-18-7-9-19(10-8-18)16-20-17-24-22-12-11-21-6-4-5-14-26(21,2)23(22)13-15-27(24,3)25(20)28/h7-10,16,21-24H,4-6,11-15,17H2,1-3H3. The fourth-order valence-corrected chi connectivity index (χ4v) is 7.96. The largest absolute Gasteiger partial charge is 0.294 e. The molecule has 0 aromatic heterocycles. The summed E-state index contributed by atoms with van der Waals surface area (Å²) in [5.41, 5.74) is 4.02. The highest BCUT2D eigenvalue weighted by Gasteiger charge is 2.60. The summed E-state index contributed by atoms with van der Waals surface area (Å²) in [7, 11) is 0. The Bertz CT molecular complexity index is 802. The van der Waals surface area contributed by atoms with Gasteiger partial charge in [0.05, 0.1) is 0 Å². The summed E-state index contributed by atoms with van der Waals surface area (Å²) in [5, 5.41) is 0. The smallest absolute Gasteiger partial charge is 0.165 e. The lowest BCUT2D eigenvalue weighted by atomic mass is 9.45. The van der Waals surface area contributed by atoms with E-state index in [1.807, 2.05) is 0 Å². The van der Waals surface area contributed by atoms with Crippen LogP contribution < -0.4 is 0 Å². The molecule has 4 aliphatic carbocycles. The van der Waals surface area contributed by atoms with E-state index >= 15 is 0 Å².